The van der Waals surface area contributed by atoms with Gasteiger partial charge in [-0.2, -0.15) is 0 Å². The number of piperazine rings is 1. The molecule has 0 spiro atoms. The molecule has 18 heavy (non-hydrogen) atoms. The SMILES string of the molecule is O=C(c1csc(I)c1)N1CC(N2CCNCC2)C1. The predicted octanol–water partition coefficient (Wildman–Crippen LogP) is 1.08. The van der Waals surface area contributed by atoms with E-state index in [1.54, 1.807) is 11.3 Å². The van der Waals surface area contributed by atoms with Gasteiger partial charge in [-0.3, -0.25) is 9.69 Å². The number of halogens is 1. The van der Waals surface area contributed by atoms with Crippen molar-refractivity contribution >= 4 is 39.8 Å². The van der Waals surface area contributed by atoms with Gasteiger partial charge < -0.3 is 10.2 Å². The molecule has 3 heterocycles. The van der Waals surface area contributed by atoms with Crippen molar-refractivity contribution < 1.29 is 4.79 Å². The van der Waals surface area contributed by atoms with Gasteiger partial charge in [0.1, 0.15) is 0 Å². The molecule has 1 aromatic rings. The number of hydrogen-bond acceptors (Lipinski definition) is 4. The number of amides is 1. The Morgan fingerprint density at radius 1 is 1.39 bits per heavy atom. The van der Waals surface area contributed by atoms with Gasteiger partial charge >= 0.3 is 0 Å². The highest BCUT2D eigenvalue weighted by atomic mass is 127. The second-order valence-corrected chi connectivity index (χ2v) is 7.59. The number of thiophene rings is 1. The van der Waals surface area contributed by atoms with Crippen molar-refractivity contribution in [3.05, 3.63) is 19.9 Å². The molecule has 0 atom stereocenters. The van der Waals surface area contributed by atoms with Crippen molar-refractivity contribution in [3.63, 3.8) is 0 Å². The highest BCUT2D eigenvalue weighted by molar-refractivity contribution is 14.1. The second-order valence-electron chi connectivity index (χ2n) is 4.79. The van der Waals surface area contributed by atoms with E-state index >= 15 is 0 Å². The lowest BCUT2D eigenvalue weighted by molar-refractivity contribution is 0.0227. The van der Waals surface area contributed by atoms with E-state index in [2.05, 4.69) is 32.8 Å². The summed E-state index contributed by atoms with van der Waals surface area (Å²) in [6, 6.07) is 2.56. The highest BCUT2D eigenvalue weighted by Gasteiger charge is 2.35. The van der Waals surface area contributed by atoms with Gasteiger partial charge in [0.15, 0.2) is 0 Å². The maximum Gasteiger partial charge on any atom is 0.254 e. The molecule has 0 aliphatic carbocycles. The molecular formula is C12H16IN3OS. The zero-order valence-electron chi connectivity index (χ0n) is 10.1. The van der Waals surface area contributed by atoms with E-state index in [1.165, 1.54) is 2.88 Å². The van der Waals surface area contributed by atoms with Crippen molar-refractivity contribution in [2.75, 3.05) is 39.3 Å². The first-order valence-electron chi connectivity index (χ1n) is 6.22. The number of carbonyl (C=O) groups is 1. The van der Waals surface area contributed by atoms with Crippen LogP contribution < -0.4 is 5.32 Å². The standard InChI is InChI=1S/C12H16IN3OS/c13-11-5-9(8-18-11)12(17)16-6-10(7-16)15-3-1-14-2-4-15/h5,8,10,14H,1-4,6-7H2. The van der Waals surface area contributed by atoms with Crippen molar-refractivity contribution in [1.82, 2.24) is 15.1 Å². The summed E-state index contributed by atoms with van der Waals surface area (Å²) in [5, 5.41) is 5.32. The van der Waals surface area contributed by atoms with Crippen LogP contribution in [0.3, 0.4) is 0 Å². The Hall–Kier alpha value is -0.180. The van der Waals surface area contributed by atoms with Crippen molar-refractivity contribution in [1.29, 1.82) is 0 Å². The quantitative estimate of drug-likeness (QED) is 0.784. The van der Waals surface area contributed by atoms with Gasteiger partial charge in [-0.05, 0) is 28.7 Å². The van der Waals surface area contributed by atoms with Crippen LogP contribution in [-0.4, -0.2) is 61.0 Å². The molecular weight excluding hydrogens is 361 g/mol. The summed E-state index contributed by atoms with van der Waals surface area (Å²) in [6.45, 7) is 6.17. The van der Waals surface area contributed by atoms with Crippen LogP contribution in [0.2, 0.25) is 0 Å². The van der Waals surface area contributed by atoms with Gasteiger partial charge in [0, 0.05) is 50.7 Å². The summed E-state index contributed by atoms with van der Waals surface area (Å²) in [7, 11) is 0. The topological polar surface area (TPSA) is 35.6 Å². The molecule has 3 rings (SSSR count). The number of nitrogens with zero attached hydrogens (tertiary/aromatic N) is 2. The normalized spacial score (nSPS) is 21.9. The zero-order chi connectivity index (χ0) is 12.5. The third-order valence-electron chi connectivity index (χ3n) is 3.63. The average Bonchev–Trinajstić information content (AvgIpc) is 2.75. The Morgan fingerprint density at radius 2 is 2.11 bits per heavy atom. The largest absolute Gasteiger partial charge is 0.335 e. The number of nitrogens with one attached hydrogen (secondary N) is 1. The van der Waals surface area contributed by atoms with E-state index in [1.807, 2.05) is 16.3 Å². The lowest BCUT2D eigenvalue weighted by atomic mass is 10.1. The van der Waals surface area contributed by atoms with Crippen LogP contribution in [0.25, 0.3) is 0 Å². The highest BCUT2D eigenvalue weighted by Crippen LogP contribution is 2.22. The van der Waals surface area contributed by atoms with Gasteiger partial charge in [-0.1, -0.05) is 0 Å². The Bertz CT molecular complexity index is 438. The first kappa shape index (κ1) is 12.8. The molecule has 2 aliphatic rings. The lowest BCUT2D eigenvalue weighted by Gasteiger charge is -2.46. The molecule has 1 amide bonds. The van der Waals surface area contributed by atoms with E-state index in [-0.39, 0.29) is 5.91 Å². The van der Waals surface area contributed by atoms with E-state index in [0.717, 1.165) is 44.8 Å². The second kappa shape index (κ2) is 5.44. The molecule has 6 heteroatoms. The van der Waals surface area contributed by atoms with Crippen LogP contribution in [0.1, 0.15) is 10.4 Å². The summed E-state index contributed by atoms with van der Waals surface area (Å²) in [5.41, 5.74) is 0.850. The molecule has 0 unspecified atom stereocenters. The van der Waals surface area contributed by atoms with Crippen LogP contribution >= 0.6 is 33.9 Å². The number of likely N-dealkylation sites (tertiary alicyclic amines) is 1. The average molecular weight is 377 g/mol. The summed E-state index contributed by atoms with van der Waals surface area (Å²) in [4.78, 5) is 16.6. The molecule has 1 aromatic heterocycles. The zero-order valence-corrected chi connectivity index (χ0v) is 13.0. The molecule has 98 valence electrons. The monoisotopic (exact) mass is 377 g/mol. The van der Waals surface area contributed by atoms with E-state index in [9.17, 15) is 4.79 Å². The van der Waals surface area contributed by atoms with Crippen LogP contribution in [0.4, 0.5) is 0 Å². The van der Waals surface area contributed by atoms with Crippen molar-refractivity contribution in [2.24, 2.45) is 0 Å². The fraction of sp³-hybridized carbons (Fsp3) is 0.583. The van der Waals surface area contributed by atoms with Crippen LogP contribution in [0.5, 0.6) is 0 Å². The molecule has 0 bridgehead atoms. The van der Waals surface area contributed by atoms with Crippen molar-refractivity contribution in [2.45, 2.75) is 6.04 Å². The van der Waals surface area contributed by atoms with Gasteiger partial charge in [0.2, 0.25) is 0 Å². The molecule has 1 N–H and O–H groups in total. The van der Waals surface area contributed by atoms with Crippen LogP contribution in [0.15, 0.2) is 11.4 Å². The van der Waals surface area contributed by atoms with Gasteiger partial charge in [0.05, 0.1) is 8.45 Å². The first-order valence-corrected chi connectivity index (χ1v) is 8.18. The predicted molar refractivity (Wildman–Crippen MR) is 81.2 cm³/mol. The van der Waals surface area contributed by atoms with Crippen LogP contribution in [0, 0.1) is 2.88 Å². The number of rotatable bonds is 2. The maximum absolute atomic E-state index is 12.2. The Morgan fingerprint density at radius 3 is 2.72 bits per heavy atom. The minimum absolute atomic E-state index is 0.195. The molecule has 0 aromatic carbocycles. The third kappa shape index (κ3) is 2.56. The third-order valence-corrected chi connectivity index (χ3v) is 5.42. The van der Waals surface area contributed by atoms with Crippen molar-refractivity contribution in [3.8, 4) is 0 Å². The Labute approximate surface area is 124 Å². The molecule has 0 saturated carbocycles. The van der Waals surface area contributed by atoms with Crippen LogP contribution in [-0.2, 0) is 0 Å². The summed E-state index contributed by atoms with van der Waals surface area (Å²) in [5.74, 6) is 0.195. The fourth-order valence-electron chi connectivity index (χ4n) is 2.50. The molecule has 4 nitrogen and oxygen atoms in total. The van der Waals surface area contributed by atoms with Gasteiger partial charge in [-0.25, -0.2) is 0 Å². The minimum atomic E-state index is 0.195. The number of carbonyl (C=O) groups excluding carboxylic acids is 1. The Kier molecular flexibility index (Phi) is 3.88. The summed E-state index contributed by atoms with van der Waals surface area (Å²) >= 11 is 3.89. The van der Waals surface area contributed by atoms with Gasteiger partial charge in [-0.15, -0.1) is 11.3 Å². The molecule has 2 aliphatic heterocycles. The first-order chi connectivity index (χ1) is 8.74. The fourth-order valence-corrected chi connectivity index (χ4v) is 3.82. The van der Waals surface area contributed by atoms with Gasteiger partial charge in [0.25, 0.3) is 5.91 Å². The molecule has 2 fully saturated rings. The van der Waals surface area contributed by atoms with E-state index in [0.29, 0.717) is 6.04 Å². The maximum atomic E-state index is 12.2. The Balaban J connectivity index is 1.53. The smallest absolute Gasteiger partial charge is 0.254 e. The summed E-state index contributed by atoms with van der Waals surface area (Å²) in [6.07, 6.45) is 0. The lowest BCUT2D eigenvalue weighted by Crippen LogP contribution is -2.63. The summed E-state index contributed by atoms with van der Waals surface area (Å²) < 4.78 is 1.18. The minimum Gasteiger partial charge on any atom is -0.335 e. The molecule has 2 saturated heterocycles. The number of hydrogen-bond donors (Lipinski definition) is 1. The van der Waals surface area contributed by atoms with E-state index in [4.69, 9.17) is 0 Å². The van der Waals surface area contributed by atoms with E-state index < -0.39 is 0 Å². The molecule has 0 radical (unpaired) electrons.